The van der Waals surface area contributed by atoms with Gasteiger partial charge in [-0.15, -0.1) is 0 Å². The van der Waals surface area contributed by atoms with Gasteiger partial charge < -0.3 is 15.1 Å². The van der Waals surface area contributed by atoms with E-state index >= 15 is 0 Å². The summed E-state index contributed by atoms with van der Waals surface area (Å²) in [5, 5.41) is 22.1. The number of halogens is 1. The van der Waals surface area contributed by atoms with E-state index in [9.17, 15) is 0 Å². The lowest BCUT2D eigenvalue weighted by Crippen LogP contribution is -2.37. The minimum Gasteiger partial charge on any atom is -0.392 e. The first-order chi connectivity index (χ1) is 7.69. The molecule has 0 fully saturated rings. The smallest absolute Gasteiger partial charge is 0.188 e. The molecule has 0 atom stereocenters. The normalized spacial score (nSPS) is 18.1. The van der Waals surface area contributed by atoms with Crippen LogP contribution in [0.15, 0.2) is 28.0 Å². The van der Waals surface area contributed by atoms with Gasteiger partial charge in [0.15, 0.2) is 5.60 Å². The summed E-state index contributed by atoms with van der Waals surface area (Å²) < 4.78 is 0.881. The van der Waals surface area contributed by atoms with Crippen LogP contribution in [-0.4, -0.2) is 39.7 Å². The second-order valence-corrected chi connectivity index (χ2v) is 4.58. The van der Waals surface area contributed by atoms with Crippen molar-refractivity contribution in [2.24, 2.45) is 5.16 Å². The molecule has 0 spiro atoms. The van der Waals surface area contributed by atoms with Gasteiger partial charge in [0.25, 0.3) is 0 Å². The number of oxime groups is 1. The molecule has 86 valence electrons. The Bertz CT molecular complexity index is 401. The van der Waals surface area contributed by atoms with Crippen LogP contribution in [0.2, 0.25) is 0 Å². The zero-order valence-electron chi connectivity index (χ0n) is 8.43. The molecule has 0 radical (unpaired) electrons. The van der Waals surface area contributed by atoms with E-state index in [0.717, 1.165) is 4.47 Å². The fourth-order valence-electron chi connectivity index (χ4n) is 1.43. The van der Waals surface area contributed by atoms with Crippen molar-refractivity contribution in [2.45, 2.75) is 12.0 Å². The number of aromatic nitrogens is 1. The Kier molecular flexibility index (Phi) is 3.22. The van der Waals surface area contributed by atoms with Gasteiger partial charge in [-0.05, 0) is 28.1 Å². The fraction of sp³-hybridized carbons (Fsp3) is 0.400. The van der Waals surface area contributed by atoms with Crippen LogP contribution < -0.4 is 0 Å². The molecule has 16 heavy (non-hydrogen) atoms. The van der Waals surface area contributed by atoms with Gasteiger partial charge in [-0.1, -0.05) is 5.16 Å². The SMILES string of the molecule is OCC1(CO)CC(c2ccc(Br)cn2)=NO1. The molecule has 1 aromatic heterocycles. The van der Waals surface area contributed by atoms with Crippen molar-refractivity contribution >= 4 is 21.6 Å². The third-order valence-corrected chi connectivity index (χ3v) is 2.91. The monoisotopic (exact) mass is 286 g/mol. The number of hydrogen-bond donors (Lipinski definition) is 2. The molecule has 2 rings (SSSR count). The molecule has 2 heterocycles. The van der Waals surface area contributed by atoms with Crippen molar-refractivity contribution in [2.75, 3.05) is 13.2 Å². The van der Waals surface area contributed by atoms with Crippen LogP contribution in [0.3, 0.4) is 0 Å². The Balaban J connectivity index is 2.17. The molecular weight excluding hydrogens is 276 g/mol. The fourth-order valence-corrected chi connectivity index (χ4v) is 1.66. The Morgan fingerprint density at radius 1 is 1.38 bits per heavy atom. The summed E-state index contributed by atoms with van der Waals surface area (Å²) in [5.41, 5.74) is 0.326. The second-order valence-electron chi connectivity index (χ2n) is 3.67. The lowest BCUT2D eigenvalue weighted by molar-refractivity contribution is -0.0878. The van der Waals surface area contributed by atoms with E-state index in [2.05, 4.69) is 26.1 Å². The summed E-state index contributed by atoms with van der Waals surface area (Å²) in [6, 6.07) is 3.65. The molecule has 0 saturated carbocycles. The van der Waals surface area contributed by atoms with E-state index in [0.29, 0.717) is 17.8 Å². The van der Waals surface area contributed by atoms with Gasteiger partial charge in [0.1, 0.15) is 5.71 Å². The van der Waals surface area contributed by atoms with Gasteiger partial charge in [0, 0.05) is 17.1 Å². The Labute approximate surface area is 101 Å². The van der Waals surface area contributed by atoms with Crippen LogP contribution >= 0.6 is 15.9 Å². The maximum absolute atomic E-state index is 9.14. The first-order valence-electron chi connectivity index (χ1n) is 4.78. The third kappa shape index (κ3) is 2.09. The lowest BCUT2D eigenvalue weighted by atomic mass is 9.98. The number of aliphatic hydroxyl groups excluding tert-OH is 2. The Morgan fingerprint density at radius 3 is 2.62 bits per heavy atom. The zero-order valence-corrected chi connectivity index (χ0v) is 10.0. The molecule has 0 unspecified atom stereocenters. The van der Waals surface area contributed by atoms with Crippen molar-refractivity contribution in [3.05, 3.63) is 28.5 Å². The van der Waals surface area contributed by atoms with E-state index in [-0.39, 0.29) is 13.2 Å². The van der Waals surface area contributed by atoms with Gasteiger partial charge in [-0.25, -0.2) is 0 Å². The highest BCUT2D eigenvalue weighted by molar-refractivity contribution is 9.10. The van der Waals surface area contributed by atoms with Crippen molar-refractivity contribution in [1.82, 2.24) is 4.98 Å². The Hall–Kier alpha value is -0.980. The summed E-state index contributed by atoms with van der Waals surface area (Å²) in [6.45, 7) is -0.542. The minimum absolute atomic E-state index is 0.271. The van der Waals surface area contributed by atoms with Gasteiger partial charge in [-0.2, -0.15) is 0 Å². The number of nitrogens with zero attached hydrogens (tertiary/aromatic N) is 2. The predicted octanol–water partition coefficient (Wildman–Crippen LogP) is 0.692. The molecule has 5 nitrogen and oxygen atoms in total. The van der Waals surface area contributed by atoms with Crippen LogP contribution in [0.4, 0.5) is 0 Å². The lowest BCUT2D eigenvalue weighted by Gasteiger charge is -2.20. The molecule has 0 aliphatic carbocycles. The predicted molar refractivity (Wildman–Crippen MR) is 61.1 cm³/mol. The van der Waals surface area contributed by atoms with E-state index in [1.165, 1.54) is 0 Å². The van der Waals surface area contributed by atoms with E-state index in [4.69, 9.17) is 15.1 Å². The first kappa shape index (κ1) is 11.5. The molecule has 6 heteroatoms. The van der Waals surface area contributed by atoms with E-state index in [1.807, 2.05) is 6.07 Å². The van der Waals surface area contributed by atoms with Crippen molar-refractivity contribution < 1.29 is 15.1 Å². The number of aliphatic hydroxyl groups is 2. The quantitative estimate of drug-likeness (QED) is 0.857. The van der Waals surface area contributed by atoms with Crippen LogP contribution in [0.1, 0.15) is 12.1 Å². The molecule has 0 amide bonds. The molecular formula is C10H11BrN2O3. The van der Waals surface area contributed by atoms with Gasteiger partial charge in [0.05, 0.1) is 18.9 Å². The van der Waals surface area contributed by atoms with Crippen LogP contribution in [-0.2, 0) is 4.84 Å². The maximum Gasteiger partial charge on any atom is 0.188 e. The number of hydrogen-bond acceptors (Lipinski definition) is 5. The highest BCUT2D eigenvalue weighted by atomic mass is 79.9. The summed E-state index contributed by atoms with van der Waals surface area (Å²) >= 11 is 3.29. The highest BCUT2D eigenvalue weighted by Gasteiger charge is 2.39. The molecule has 0 aromatic carbocycles. The largest absolute Gasteiger partial charge is 0.392 e. The molecule has 1 aliphatic rings. The van der Waals surface area contributed by atoms with E-state index in [1.54, 1.807) is 12.3 Å². The van der Waals surface area contributed by atoms with Crippen molar-refractivity contribution in [1.29, 1.82) is 0 Å². The second kappa shape index (κ2) is 4.48. The zero-order chi connectivity index (χ0) is 11.6. The van der Waals surface area contributed by atoms with Crippen LogP contribution in [0.5, 0.6) is 0 Å². The summed E-state index contributed by atoms with van der Waals surface area (Å²) in [7, 11) is 0. The Morgan fingerprint density at radius 2 is 2.12 bits per heavy atom. The summed E-state index contributed by atoms with van der Waals surface area (Å²) in [4.78, 5) is 9.25. The molecule has 2 N–H and O–H groups in total. The van der Waals surface area contributed by atoms with Crippen molar-refractivity contribution in [3.8, 4) is 0 Å². The number of pyridine rings is 1. The van der Waals surface area contributed by atoms with Crippen LogP contribution in [0.25, 0.3) is 0 Å². The molecule has 1 aliphatic heterocycles. The van der Waals surface area contributed by atoms with Gasteiger partial charge >= 0.3 is 0 Å². The highest BCUT2D eigenvalue weighted by Crippen LogP contribution is 2.25. The standard InChI is InChI=1S/C10H11BrN2O3/c11-7-1-2-8(12-4-7)9-3-10(5-14,6-15)16-13-9/h1-2,4,14-15H,3,5-6H2. The minimum atomic E-state index is -0.996. The van der Waals surface area contributed by atoms with Crippen molar-refractivity contribution in [3.63, 3.8) is 0 Å². The average Bonchev–Trinajstić information content (AvgIpc) is 2.75. The first-order valence-corrected chi connectivity index (χ1v) is 5.57. The van der Waals surface area contributed by atoms with Crippen LogP contribution in [0, 0.1) is 0 Å². The molecule has 0 bridgehead atoms. The third-order valence-electron chi connectivity index (χ3n) is 2.44. The molecule has 0 saturated heterocycles. The number of rotatable bonds is 3. The average molecular weight is 287 g/mol. The summed E-state index contributed by atoms with van der Waals surface area (Å²) in [5.74, 6) is 0. The van der Waals surface area contributed by atoms with Gasteiger partial charge in [0.2, 0.25) is 0 Å². The van der Waals surface area contributed by atoms with Gasteiger partial charge in [-0.3, -0.25) is 4.98 Å². The van der Waals surface area contributed by atoms with E-state index < -0.39 is 5.60 Å². The summed E-state index contributed by atoms with van der Waals surface area (Å²) in [6.07, 6.45) is 2.02. The maximum atomic E-state index is 9.14. The topological polar surface area (TPSA) is 74.9 Å². The molecule has 1 aromatic rings.